The molecule has 0 amide bonds. The van der Waals surface area contributed by atoms with E-state index in [4.69, 9.17) is 4.74 Å². The average molecular weight is 321 g/mol. The molecule has 0 aliphatic carbocycles. The van der Waals surface area contributed by atoms with Crippen molar-refractivity contribution in [3.63, 3.8) is 0 Å². The summed E-state index contributed by atoms with van der Waals surface area (Å²) in [4.78, 5) is 8.68. The number of anilines is 1. The molecule has 1 aromatic rings. The van der Waals surface area contributed by atoms with E-state index in [9.17, 15) is 0 Å². The van der Waals surface area contributed by atoms with E-state index < -0.39 is 0 Å². The maximum absolute atomic E-state index is 4.99. The molecule has 1 N–H and O–H groups in total. The summed E-state index contributed by atoms with van der Waals surface area (Å²) in [6.07, 6.45) is 3.69. The summed E-state index contributed by atoms with van der Waals surface area (Å²) >= 11 is 2.24. The molecular weight excluding hydrogens is 305 g/mol. The summed E-state index contributed by atoms with van der Waals surface area (Å²) in [6, 6.07) is 0. The highest BCUT2D eigenvalue weighted by Gasteiger charge is 2.03. The van der Waals surface area contributed by atoms with Crippen LogP contribution in [0.25, 0.3) is 0 Å². The molecule has 0 saturated heterocycles. The second kappa shape index (κ2) is 6.95. The molecule has 4 nitrogen and oxygen atoms in total. The topological polar surface area (TPSA) is 47.0 Å². The van der Waals surface area contributed by atoms with Crippen LogP contribution in [-0.2, 0) is 11.2 Å². The summed E-state index contributed by atoms with van der Waals surface area (Å²) in [5.41, 5.74) is 0. The molecule has 0 aromatic carbocycles. The number of halogens is 1. The zero-order valence-corrected chi connectivity index (χ0v) is 11.2. The van der Waals surface area contributed by atoms with Gasteiger partial charge in [0.1, 0.15) is 11.6 Å². The maximum Gasteiger partial charge on any atom is 0.143 e. The number of hydrogen-bond donors (Lipinski definition) is 1. The van der Waals surface area contributed by atoms with E-state index in [1.165, 1.54) is 0 Å². The highest BCUT2D eigenvalue weighted by molar-refractivity contribution is 14.1. The molecule has 0 saturated carbocycles. The average Bonchev–Trinajstić information content (AvgIpc) is 2.26. The molecule has 0 bridgehead atoms. The van der Waals surface area contributed by atoms with Crippen LogP contribution in [0, 0.1) is 3.57 Å². The Morgan fingerprint density at radius 3 is 3.00 bits per heavy atom. The Bertz CT molecular complexity index is 307. The Hall–Kier alpha value is -0.430. The third kappa shape index (κ3) is 4.29. The second-order valence-corrected chi connectivity index (χ2v) is 4.31. The van der Waals surface area contributed by atoms with Crippen LogP contribution in [0.4, 0.5) is 5.82 Å². The number of methoxy groups -OCH3 is 1. The lowest BCUT2D eigenvalue weighted by Crippen LogP contribution is -2.08. The lowest BCUT2D eigenvalue weighted by molar-refractivity contribution is 0.200. The molecular formula is C10H16IN3O. The van der Waals surface area contributed by atoms with E-state index in [1.54, 1.807) is 7.11 Å². The minimum atomic E-state index is 0.661. The summed E-state index contributed by atoms with van der Waals surface area (Å²) in [5, 5.41) is 3.28. The number of rotatable bonds is 6. The predicted octanol–water partition coefficient (Wildman–Crippen LogP) is 2.09. The van der Waals surface area contributed by atoms with E-state index in [0.717, 1.165) is 34.6 Å². The first-order chi connectivity index (χ1) is 7.27. The number of nitrogens with one attached hydrogen (secondary N) is 1. The number of aromatic nitrogens is 2. The SMILES string of the molecule is CCCNc1nc(CCOC)ncc1I. The Morgan fingerprint density at radius 1 is 1.53 bits per heavy atom. The van der Waals surface area contributed by atoms with Crippen LogP contribution in [0.3, 0.4) is 0 Å². The van der Waals surface area contributed by atoms with E-state index in [2.05, 4.69) is 44.8 Å². The van der Waals surface area contributed by atoms with Crippen molar-refractivity contribution in [2.24, 2.45) is 0 Å². The van der Waals surface area contributed by atoms with Crippen LogP contribution < -0.4 is 5.32 Å². The van der Waals surface area contributed by atoms with Gasteiger partial charge in [-0.15, -0.1) is 0 Å². The molecule has 84 valence electrons. The Labute approximate surface area is 104 Å². The molecule has 15 heavy (non-hydrogen) atoms. The number of nitrogens with zero attached hydrogens (tertiary/aromatic N) is 2. The van der Waals surface area contributed by atoms with E-state index >= 15 is 0 Å². The van der Waals surface area contributed by atoms with Crippen LogP contribution in [0.1, 0.15) is 19.2 Å². The van der Waals surface area contributed by atoms with Crippen molar-refractivity contribution < 1.29 is 4.74 Å². The molecule has 0 aliphatic rings. The fraction of sp³-hybridized carbons (Fsp3) is 0.600. The van der Waals surface area contributed by atoms with Gasteiger partial charge in [-0.3, -0.25) is 0 Å². The Morgan fingerprint density at radius 2 is 2.33 bits per heavy atom. The monoisotopic (exact) mass is 321 g/mol. The zero-order valence-electron chi connectivity index (χ0n) is 9.09. The molecule has 1 rings (SSSR count). The van der Waals surface area contributed by atoms with E-state index in [-0.39, 0.29) is 0 Å². The van der Waals surface area contributed by atoms with Gasteiger partial charge in [0, 0.05) is 26.3 Å². The van der Waals surface area contributed by atoms with Crippen LogP contribution in [0.15, 0.2) is 6.20 Å². The molecule has 1 aromatic heterocycles. The molecule has 0 atom stereocenters. The van der Waals surface area contributed by atoms with Gasteiger partial charge in [-0.2, -0.15) is 0 Å². The quantitative estimate of drug-likeness (QED) is 0.815. The summed E-state index contributed by atoms with van der Waals surface area (Å²) in [6.45, 7) is 3.73. The molecule has 0 fully saturated rings. The first-order valence-electron chi connectivity index (χ1n) is 5.02. The Kier molecular flexibility index (Phi) is 5.85. The van der Waals surface area contributed by atoms with Crippen molar-refractivity contribution in [2.45, 2.75) is 19.8 Å². The predicted molar refractivity (Wildman–Crippen MR) is 69.1 cm³/mol. The standard InChI is InChI=1S/C10H16IN3O/c1-3-5-12-10-8(11)7-13-9(14-10)4-6-15-2/h7H,3-6H2,1-2H3,(H,12,13,14). The fourth-order valence-corrected chi connectivity index (χ4v) is 1.54. The number of ether oxygens (including phenoxy) is 1. The first-order valence-corrected chi connectivity index (χ1v) is 6.10. The smallest absolute Gasteiger partial charge is 0.143 e. The van der Waals surface area contributed by atoms with Crippen molar-refractivity contribution >= 4 is 28.4 Å². The largest absolute Gasteiger partial charge is 0.384 e. The van der Waals surface area contributed by atoms with Gasteiger partial charge in [0.05, 0.1) is 10.2 Å². The molecule has 0 aliphatic heterocycles. The molecule has 5 heteroatoms. The number of hydrogen-bond acceptors (Lipinski definition) is 4. The van der Waals surface area contributed by atoms with Crippen molar-refractivity contribution in [1.82, 2.24) is 9.97 Å². The minimum absolute atomic E-state index is 0.661. The lowest BCUT2D eigenvalue weighted by Gasteiger charge is -2.07. The lowest BCUT2D eigenvalue weighted by atomic mass is 10.4. The van der Waals surface area contributed by atoms with Gasteiger partial charge in [-0.25, -0.2) is 9.97 Å². The van der Waals surface area contributed by atoms with Gasteiger partial charge in [0.25, 0.3) is 0 Å². The van der Waals surface area contributed by atoms with Crippen molar-refractivity contribution in [2.75, 3.05) is 25.6 Å². The second-order valence-electron chi connectivity index (χ2n) is 3.15. The maximum atomic E-state index is 4.99. The van der Waals surface area contributed by atoms with E-state index in [1.807, 2.05) is 6.20 Å². The first kappa shape index (κ1) is 12.6. The van der Waals surface area contributed by atoms with Crippen molar-refractivity contribution in [3.8, 4) is 0 Å². The van der Waals surface area contributed by atoms with Crippen molar-refractivity contribution in [1.29, 1.82) is 0 Å². The summed E-state index contributed by atoms with van der Waals surface area (Å²) in [7, 11) is 1.68. The van der Waals surface area contributed by atoms with Gasteiger partial charge in [0.2, 0.25) is 0 Å². The van der Waals surface area contributed by atoms with Gasteiger partial charge < -0.3 is 10.1 Å². The molecule has 1 heterocycles. The Balaban J connectivity index is 2.66. The van der Waals surface area contributed by atoms with Gasteiger partial charge in [-0.1, -0.05) is 6.92 Å². The fourth-order valence-electron chi connectivity index (χ4n) is 1.08. The highest BCUT2D eigenvalue weighted by Crippen LogP contribution is 2.14. The minimum Gasteiger partial charge on any atom is -0.384 e. The van der Waals surface area contributed by atoms with Crippen LogP contribution in [-0.4, -0.2) is 30.2 Å². The zero-order chi connectivity index (χ0) is 11.1. The van der Waals surface area contributed by atoms with Gasteiger partial charge in [0.15, 0.2) is 0 Å². The van der Waals surface area contributed by atoms with E-state index in [0.29, 0.717) is 6.61 Å². The molecule has 0 radical (unpaired) electrons. The van der Waals surface area contributed by atoms with Crippen molar-refractivity contribution in [3.05, 3.63) is 15.6 Å². The normalized spacial score (nSPS) is 10.3. The third-order valence-corrected chi connectivity index (χ3v) is 2.66. The molecule has 0 spiro atoms. The third-order valence-electron chi connectivity index (χ3n) is 1.87. The van der Waals surface area contributed by atoms with Crippen LogP contribution in [0.5, 0.6) is 0 Å². The van der Waals surface area contributed by atoms with Crippen LogP contribution >= 0.6 is 22.6 Å². The summed E-state index contributed by atoms with van der Waals surface area (Å²) < 4.78 is 6.05. The van der Waals surface area contributed by atoms with Gasteiger partial charge in [-0.05, 0) is 29.0 Å². The highest BCUT2D eigenvalue weighted by atomic mass is 127. The molecule has 0 unspecified atom stereocenters. The summed E-state index contributed by atoms with van der Waals surface area (Å²) in [5.74, 6) is 1.76. The van der Waals surface area contributed by atoms with Crippen LogP contribution in [0.2, 0.25) is 0 Å². The van der Waals surface area contributed by atoms with Gasteiger partial charge >= 0.3 is 0 Å².